The molecule has 2 amide bonds. The molecule has 2 N–H and O–H groups in total. The van der Waals surface area contributed by atoms with Crippen molar-refractivity contribution in [2.24, 2.45) is 0 Å². The number of hydrogen-bond acceptors (Lipinski definition) is 3. The highest BCUT2D eigenvalue weighted by molar-refractivity contribution is 5.75. The SMILES string of the molecule is CC(C)(C)OC(=O)NCCCCCC(=O)NCc1ccccc1C(F)(F)F. The van der Waals surface area contributed by atoms with E-state index in [9.17, 15) is 22.8 Å². The summed E-state index contributed by atoms with van der Waals surface area (Å²) < 4.78 is 43.8. The topological polar surface area (TPSA) is 67.4 Å². The number of carbonyl (C=O) groups is 2. The molecule has 0 aliphatic rings. The van der Waals surface area contributed by atoms with E-state index in [2.05, 4.69) is 10.6 Å². The van der Waals surface area contributed by atoms with Gasteiger partial charge in [0.2, 0.25) is 5.91 Å². The van der Waals surface area contributed by atoms with Crippen molar-refractivity contribution >= 4 is 12.0 Å². The van der Waals surface area contributed by atoms with Gasteiger partial charge in [-0.25, -0.2) is 4.79 Å². The van der Waals surface area contributed by atoms with Crippen LogP contribution in [-0.4, -0.2) is 24.1 Å². The van der Waals surface area contributed by atoms with Crippen LogP contribution in [0.1, 0.15) is 57.6 Å². The summed E-state index contributed by atoms with van der Waals surface area (Å²) in [5, 5.41) is 5.14. The number of amides is 2. The molecule has 0 saturated carbocycles. The minimum atomic E-state index is -4.44. The minimum Gasteiger partial charge on any atom is -0.444 e. The van der Waals surface area contributed by atoms with E-state index < -0.39 is 23.4 Å². The van der Waals surface area contributed by atoms with Gasteiger partial charge in [0.15, 0.2) is 0 Å². The molecule has 0 heterocycles. The first kappa shape index (κ1) is 22.8. The molecule has 0 bridgehead atoms. The molecule has 0 unspecified atom stereocenters. The molecule has 1 aromatic rings. The first-order valence-corrected chi connectivity index (χ1v) is 8.88. The molecule has 1 rings (SSSR count). The molecule has 0 aromatic heterocycles. The van der Waals surface area contributed by atoms with Gasteiger partial charge in [-0.1, -0.05) is 24.6 Å². The molecule has 0 atom stereocenters. The summed E-state index contributed by atoms with van der Waals surface area (Å²) >= 11 is 0. The van der Waals surface area contributed by atoms with E-state index in [0.717, 1.165) is 6.07 Å². The van der Waals surface area contributed by atoms with Crippen LogP contribution in [0.4, 0.5) is 18.0 Å². The normalized spacial score (nSPS) is 11.8. The highest BCUT2D eigenvalue weighted by Crippen LogP contribution is 2.31. The van der Waals surface area contributed by atoms with Crippen LogP contribution in [0, 0.1) is 0 Å². The summed E-state index contributed by atoms with van der Waals surface area (Å²) in [6.45, 7) is 5.61. The Morgan fingerprint density at radius 2 is 1.67 bits per heavy atom. The molecule has 1 aromatic carbocycles. The van der Waals surface area contributed by atoms with E-state index in [4.69, 9.17) is 4.74 Å². The number of alkyl halides is 3. The molecule has 0 aliphatic heterocycles. The highest BCUT2D eigenvalue weighted by atomic mass is 19.4. The predicted octanol–water partition coefficient (Wildman–Crippen LogP) is 4.41. The number of benzene rings is 1. The van der Waals surface area contributed by atoms with E-state index in [0.29, 0.717) is 25.8 Å². The second-order valence-electron chi connectivity index (χ2n) is 7.17. The van der Waals surface area contributed by atoms with Gasteiger partial charge in [-0.3, -0.25) is 4.79 Å². The van der Waals surface area contributed by atoms with Crippen molar-refractivity contribution in [3.8, 4) is 0 Å². The predicted molar refractivity (Wildman–Crippen MR) is 96.0 cm³/mol. The zero-order chi connectivity index (χ0) is 20.5. The molecule has 0 aliphatic carbocycles. The van der Waals surface area contributed by atoms with E-state index in [1.165, 1.54) is 18.2 Å². The second-order valence-corrected chi connectivity index (χ2v) is 7.17. The van der Waals surface area contributed by atoms with Gasteiger partial charge in [0, 0.05) is 19.5 Å². The van der Waals surface area contributed by atoms with Crippen LogP contribution < -0.4 is 10.6 Å². The molecule has 152 valence electrons. The zero-order valence-corrected chi connectivity index (χ0v) is 15.9. The number of ether oxygens (including phenoxy) is 1. The number of unbranched alkanes of at least 4 members (excludes halogenated alkanes) is 2. The lowest BCUT2D eigenvalue weighted by Crippen LogP contribution is -2.33. The molecule has 0 spiro atoms. The Balaban J connectivity index is 2.21. The summed E-state index contributed by atoms with van der Waals surface area (Å²) in [5.41, 5.74) is -1.24. The van der Waals surface area contributed by atoms with Gasteiger partial charge >= 0.3 is 12.3 Å². The van der Waals surface area contributed by atoms with Crippen molar-refractivity contribution < 1.29 is 27.5 Å². The molecular formula is C19H27F3N2O3. The number of carbonyl (C=O) groups excluding carboxylic acids is 2. The first-order valence-electron chi connectivity index (χ1n) is 8.88. The third-order valence-electron chi connectivity index (χ3n) is 3.55. The van der Waals surface area contributed by atoms with Gasteiger partial charge in [-0.05, 0) is 45.2 Å². The van der Waals surface area contributed by atoms with Gasteiger partial charge in [-0.2, -0.15) is 13.2 Å². The fraction of sp³-hybridized carbons (Fsp3) is 0.579. The largest absolute Gasteiger partial charge is 0.444 e. The van der Waals surface area contributed by atoms with Crippen molar-refractivity contribution in [3.05, 3.63) is 35.4 Å². The smallest absolute Gasteiger partial charge is 0.416 e. The Kier molecular flexibility index (Phi) is 8.59. The lowest BCUT2D eigenvalue weighted by molar-refractivity contribution is -0.138. The van der Waals surface area contributed by atoms with Crippen molar-refractivity contribution in [1.29, 1.82) is 0 Å². The van der Waals surface area contributed by atoms with Crippen LogP contribution in [0.2, 0.25) is 0 Å². The number of halogens is 3. The van der Waals surface area contributed by atoms with Crippen LogP contribution in [-0.2, 0) is 22.3 Å². The molecule has 0 fully saturated rings. The summed E-state index contributed by atoms with van der Waals surface area (Å²) in [6, 6.07) is 5.18. The standard InChI is InChI=1S/C19H27F3N2O3/c1-18(2,3)27-17(26)23-12-8-4-5-11-16(25)24-13-14-9-6-7-10-15(14)19(20,21)22/h6-7,9-10H,4-5,8,11-13H2,1-3H3,(H,23,26)(H,24,25). The third-order valence-corrected chi connectivity index (χ3v) is 3.55. The van der Waals surface area contributed by atoms with Gasteiger partial charge in [0.05, 0.1) is 5.56 Å². The Labute approximate surface area is 157 Å². The van der Waals surface area contributed by atoms with Crippen molar-refractivity contribution in [1.82, 2.24) is 10.6 Å². The maximum atomic E-state index is 12.9. The van der Waals surface area contributed by atoms with E-state index >= 15 is 0 Å². The van der Waals surface area contributed by atoms with Crippen molar-refractivity contribution in [3.63, 3.8) is 0 Å². The fourth-order valence-electron chi connectivity index (χ4n) is 2.33. The Morgan fingerprint density at radius 1 is 1.00 bits per heavy atom. The van der Waals surface area contributed by atoms with Crippen LogP contribution in [0.5, 0.6) is 0 Å². The van der Waals surface area contributed by atoms with E-state index in [-0.39, 0.29) is 24.4 Å². The highest BCUT2D eigenvalue weighted by Gasteiger charge is 2.32. The van der Waals surface area contributed by atoms with Gasteiger partial charge in [0.25, 0.3) is 0 Å². The monoisotopic (exact) mass is 388 g/mol. The lowest BCUT2D eigenvalue weighted by Gasteiger charge is -2.19. The quantitative estimate of drug-likeness (QED) is 0.649. The summed E-state index contributed by atoms with van der Waals surface area (Å²) in [6.07, 6.45) is -2.72. The number of rotatable bonds is 8. The average molecular weight is 388 g/mol. The molecule has 27 heavy (non-hydrogen) atoms. The number of alkyl carbamates (subject to hydrolysis) is 1. The Hall–Kier alpha value is -2.25. The molecule has 0 saturated heterocycles. The third kappa shape index (κ3) is 9.86. The summed E-state index contributed by atoms with van der Waals surface area (Å²) in [7, 11) is 0. The maximum Gasteiger partial charge on any atom is 0.416 e. The Bertz CT molecular complexity index is 625. The van der Waals surface area contributed by atoms with Crippen molar-refractivity contribution in [2.45, 2.75) is 64.8 Å². The van der Waals surface area contributed by atoms with Gasteiger partial charge in [-0.15, -0.1) is 0 Å². The zero-order valence-electron chi connectivity index (χ0n) is 15.9. The van der Waals surface area contributed by atoms with Crippen LogP contribution in [0.15, 0.2) is 24.3 Å². The first-order chi connectivity index (χ1) is 12.5. The molecule has 8 heteroatoms. The van der Waals surface area contributed by atoms with Crippen LogP contribution >= 0.6 is 0 Å². The average Bonchev–Trinajstić information content (AvgIpc) is 2.54. The molecule has 0 radical (unpaired) electrons. The van der Waals surface area contributed by atoms with E-state index in [1.807, 2.05) is 0 Å². The maximum absolute atomic E-state index is 12.9. The summed E-state index contributed by atoms with van der Waals surface area (Å²) in [4.78, 5) is 23.2. The summed E-state index contributed by atoms with van der Waals surface area (Å²) in [5.74, 6) is -0.299. The fourth-order valence-corrected chi connectivity index (χ4v) is 2.33. The number of nitrogens with one attached hydrogen (secondary N) is 2. The van der Waals surface area contributed by atoms with Gasteiger partial charge < -0.3 is 15.4 Å². The second kappa shape index (κ2) is 10.2. The van der Waals surface area contributed by atoms with Crippen molar-refractivity contribution in [2.75, 3.05) is 6.54 Å². The lowest BCUT2D eigenvalue weighted by atomic mass is 10.1. The minimum absolute atomic E-state index is 0.0416. The Morgan fingerprint density at radius 3 is 2.30 bits per heavy atom. The van der Waals surface area contributed by atoms with E-state index in [1.54, 1.807) is 20.8 Å². The molecule has 5 nitrogen and oxygen atoms in total. The molecular weight excluding hydrogens is 361 g/mol. The van der Waals surface area contributed by atoms with Gasteiger partial charge in [0.1, 0.15) is 5.60 Å². The van der Waals surface area contributed by atoms with Crippen LogP contribution in [0.3, 0.4) is 0 Å². The number of hydrogen-bond donors (Lipinski definition) is 2. The van der Waals surface area contributed by atoms with Crippen LogP contribution in [0.25, 0.3) is 0 Å².